The lowest BCUT2D eigenvalue weighted by Gasteiger charge is -2.42. The molecular weight excluding hydrogens is 446 g/mol. The molecule has 0 aromatic heterocycles. The van der Waals surface area contributed by atoms with Crippen LogP contribution in [0, 0.1) is 0 Å². The first-order valence-electron chi connectivity index (χ1n) is 6.52. The second-order valence-electron chi connectivity index (χ2n) is 4.98. The second-order valence-corrected chi connectivity index (χ2v) is 8.17. The molecule has 27 heavy (non-hydrogen) atoms. The Morgan fingerprint density at radius 3 is 1.85 bits per heavy atom. The molecule has 160 valence electrons. The molecule has 16 nitrogen and oxygen atoms in total. The monoisotopic (exact) mass is 461 g/mol. The molecule has 5 atom stereocenters. The van der Waals surface area contributed by atoms with Crippen molar-refractivity contribution in [2.75, 3.05) is 6.61 Å². The molecule has 1 aliphatic rings. The van der Waals surface area contributed by atoms with E-state index in [1.165, 1.54) is 0 Å². The molecule has 19 heteroatoms. The predicted molar refractivity (Wildman–Crippen MR) is 78.8 cm³/mol. The zero-order valence-electron chi connectivity index (χ0n) is 13.1. The molecule has 0 bridgehead atoms. The van der Waals surface area contributed by atoms with Crippen molar-refractivity contribution in [1.82, 2.24) is 5.32 Å². The van der Waals surface area contributed by atoms with Crippen LogP contribution < -0.4 is 5.32 Å². The van der Waals surface area contributed by atoms with Crippen LogP contribution in [0.15, 0.2) is 0 Å². The van der Waals surface area contributed by atoms with E-state index in [0.717, 1.165) is 6.92 Å². The number of aliphatic hydroxyl groups is 1. The van der Waals surface area contributed by atoms with E-state index in [0.29, 0.717) is 0 Å². The van der Waals surface area contributed by atoms with Crippen molar-refractivity contribution in [2.24, 2.45) is 0 Å². The molecule has 0 aromatic carbocycles. The summed E-state index contributed by atoms with van der Waals surface area (Å²) < 4.78 is 109. The van der Waals surface area contributed by atoms with Gasteiger partial charge in [-0.3, -0.25) is 18.5 Å². The summed E-state index contributed by atoms with van der Waals surface area (Å²) in [7, 11) is -15.8. The number of carbonyl (C=O) groups excluding carboxylic acids is 1. The van der Waals surface area contributed by atoms with Crippen LogP contribution in [0.3, 0.4) is 0 Å². The Labute approximate surface area is 153 Å². The van der Waals surface area contributed by atoms with Crippen molar-refractivity contribution in [2.45, 2.75) is 37.6 Å². The Morgan fingerprint density at radius 1 is 0.963 bits per heavy atom. The summed E-state index contributed by atoms with van der Waals surface area (Å²) >= 11 is 0. The van der Waals surface area contributed by atoms with E-state index >= 15 is 0 Å². The summed E-state index contributed by atoms with van der Waals surface area (Å²) in [5.74, 6) is -0.898. The van der Waals surface area contributed by atoms with Gasteiger partial charge in [0.2, 0.25) is 5.91 Å². The maximum atomic E-state index is 11.2. The predicted octanol–water partition coefficient (Wildman–Crippen LogP) is -3.60. The number of carbonyl (C=O) groups is 1. The number of ether oxygens (including phenoxy) is 1. The van der Waals surface area contributed by atoms with E-state index < -0.39 is 74.4 Å². The van der Waals surface area contributed by atoms with Gasteiger partial charge >= 0.3 is 31.2 Å². The summed E-state index contributed by atoms with van der Waals surface area (Å²) in [6.07, 6.45) is -8.70. The van der Waals surface area contributed by atoms with Crippen LogP contribution in [0.2, 0.25) is 0 Å². The molecule has 0 aromatic rings. The van der Waals surface area contributed by atoms with Gasteiger partial charge in [-0.05, 0) is 0 Å². The molecule has 0 aliphatic carbocycles. The standard InChI is InChI=1S/C8H15NO15S3/c1-3(10)9-5-7(24-27(18,19)20)6(23-26(15,16)17)4(22-8(5)11)2-21-25(12,13)14/h4-8,11H,2H2,1H3,(H,9,10)(H,12,13,14)(H,15,16,17)(H,18,19,20)/t4-,5-,6-,7-,8-/m1/s1. The third-order valence-corrected chi connectivity index (χ3v) is 4.25. The van der Waals surface area contributed by atoms with Crippen LogP contribution >= 0.6 is 0 Å². The molecule has 5 N–H and O–H groups in total. The van der Waals surface area contributed by atoms with Gasteiger partial charge in [0.15, 0.2) is 6.29 Å². The largest absolute Gasteiger partial charge is 0.397 e. The van der Waals surface area contributed by atoms with Gasteiger partial charge in [-0.1, -0.05) is 0 Å². The molecule has 0 radical (unpaired) electrons. The number of hydrogen-bond donors (Lipinski definition) is 5. The second kappa shape index (κ2) is 8.57. The Kier molecular flexibility index (Phi) is 7.63. The average Bonchev–Trinajstić information content (AvgIpc) is 2.40. The van der Waals surface area contributed by atoms with Crippen LogP contribution in [0.4, 0.5) is 0 Å². The van der Waals surface area contributed by atoms with Gasteiger partial charge in [0.25, 0.3) is 0 Å². The van der Waals surface area contributed by atoms with Crippen LogP contribution in [0.25, 0.3) is 0 Å². The molecule has 1 aliphatic heterocycles. The zero-order valence-corrected chi connectivity index (χ0v) is 15.5. The fourth-order valence-corrected chi connectivity index (χ4v) is 3.44. The topological polar surface area (TPSA) is 249 Å². The van der Waals surface area contributed by atoms with E-state index in [1.807, 2.05) is 5.32 Å². The fraction of sp³-hybridized carbons (Fsp3) is 0.875. The van der Waals surface area contributed by atoms with Gasteiger partial charge in [0.1, 0.15) is 24.4 Å². The highest BCUT2D eigenvalue weighted by Crippen LogP contribution is 2.27. The lowest BCUT2D eigenvalue weighted by molar-refractivity contribution is -0.242. The van der Waals surface area contributed by atoms with E-state index in [1.54, 1.807) is 0 Å². The molecule has 0 spiro atoms. The minimum Gasteiger partial charge on any atom is -0.366 e. The number of rotatable bonds is 8. The summed E-state index contributed by atoms with van der Waals surface area (Å²) in [6, 6.07) is -1.88. The van der Waals surface area contributed by atoms with E-state index in [-0.39, 0.29) is 0 Å². The molecular formula is C8H15NO15S3. The van der Waals surface area contributed by atoms with Crippen molar-refractivity contribution in [3.8, 4) is 0 Å². The summed E-state index contributed by atoms with van der Waals surface area (Å²) in [5.41, 5.74) is 0. The third-order valence-electron chi connectivity index (χ3n) is 2.88. The molecule has 0 saturated carbocycles. The van der Waals surface area contributed by atoms with Crippen molar-refractivity contribution in [1.29, 1.82) is 0 Å². The van der Waals surface area contributed by atoms with Gasteiger partial charge in [-0.15, -0.1) is 0 Å². The van der Waals surface area contributed by atoms with Crippen LogP contribution in [0.5, 0.6) is 0 Å². The fourth-order valence-electron chi connectivity index (χ4n) is 2.11. The SMILES string of the molecule is CC(=O)N[C@@H]1[C@@H](OS(=O)(=O)O)[C@H](OS(=O)(=O)O)[C@@H](COS(=O)(=O)O)O[C@H]1O. The molecule has 1 saturated heterocycles. The minimum atomic E-state index is -5.37. The molecule has 1 fully saturated rings. The van der Waals surface area contributed by atoms with Gasteiger partial charge in [0, 0.05) is 6.92 Å². The van der Waals surface area contributed by atoms with Crippen LogP contribution in [-0.2, 0) is 53.3 Å². The lowest BCUT2D eigenvalue weighted by Crippen LogP contribution is -2.66. The van der Waals surface area contributed by atoms with Gasteiger partial charge in [0.05, 0.1) is 6.61 Å². The van der Waals surface area contributed by atoms with Crippen molar-refractivity contribution < 1.29 is 66.1 Å². The van der Waals surface area contributed by atoms with Crippen molar-refractivity contribution in [3.05, 3.63) is 0 Å². The van der Waals surface area contributed by atoms with E-state index in [9.17, 15) is 35.2 Å². The van der Waals surface area contributed by atoms with E-state index in [4.69, 9.17) is 18.4 Å². The summed E-state index contributed by atoms with van der Waals surface area (Å²) in [4.78, 5) is 11.2. The Hall–Kier alpha value is -1.00. The van der Waals surface area contributed by atoms with Gasteiger partial charge in [-0.2, -0.15) is 25.3 Å². The first kappa shape index (κ1) is 24.0. The number of hydrogen-bond acceptors (Lipinski definition) is 12. The van der Waals surface area contributed by atoms with Crippen molar-refractivity contribution in [3.63, 3.8) is 0 Å². The first-order chi connectivity index (χ1) is 12.0. The van der Waals surface area contributed by atoms with Crippen molar-refractivity contribution >= 4 is 37.1 Å². The Bertz CT molecular complexity index is 847. The molecule has 1 heterocycles. The van der Waals surface area contributed by atoms with Crippen LogP contribution in [-0.4, -0.2) is 87.2 Å². The summed E-state index contributed by atoms with van der Waals surface area (Å²) in [5, 5.41) is 11.8. The summed E-state index contributed by atoms with van der Waals surface area (Å²) in [6.45, 7) is -0.350. The lowest BCUT2D eigenvalue weighted by atomic mass is 9.97. The number of amides is 1. The number of nitrogens with one attached hydrogen (secondary N) is 1. The Morgan fingerprint density at radius 2 is 1.44 bits per heavy atom. The highest BCUT2D eigenvalue weighted by Gasteiger charge is 2.51. The highest BCUT2D eigenvalue weighted by atomic mass is 32.3. The van der Waals surface area contributed by atoms with E-state index in [2.05, 4.69) is 12.5 Å². The minimum absolute atomic E-state index is 0.898. The third kappa shape index (κ3) is 8.69. The smallest absolute Gasteiger partial charge is 0.366 e. The average molecular weight is 461 g/mol. The Balaban J connectivity index is 3.34. The number of aliphatic hydroxyl groups excluding tert-OH is 1. The molecule has 1 rings (SSSR count). The maximum absolute atomic E-state index is 11.2. The maximum Gasteiger partial charge on any atom is 0.397 e. The zero-order chi connectivity index (χ0) is 21.2. The van der Waals surface area contributed by atoms with Gasteiger partial charge in [-0.25, -0.2) is 12.5 Å². The quantitative estimate of drug-likeness (QED) is 0.219. The normalized spacial score (nSPS) is 30.0. The first-order valence-corrected chi connectivity index (χ1v) is 10.6. The molecule has 0 unspecified atom stereocenters. The van der Waals surface area contributed by atoms with Gasteiger partial charge < -0.3 is 15.2 Å². The van der Waals surface area contributed by atoms with Crippen LogP contribution in [0.1, 0.15) is 6.92 Å². The highest BCUT2D eigenvalue weighted by molar-refractivity contribution is 7.81. The molecule has 1 amide bonds.